The van der Waals surface area contributed by atoms with E-state index in [2.05, 4.69) is 5.32 Å². The van der Waals surface area contributed by atoms with Crippen molar-refractivity contribution in [3.8, 4) is 0 Å². The summed E-state index contributed by atoms with van der Waals surface area (Å²) >= 11 is 1.37. The van der Waals surface area contributed by atoms with Crippen molar-refractivity contribution >= 4 is 34.1 Å². The van der Waals surface area contributed by atoms with E-state index in [1.165, 1.54) is 11.3 Å². The fraction of sp³-hybridized carbons (Fsp3) is 0.533. The maximum absolute atomic E-state index is 11.9. The van der Waals surface area contributed by atoms with E-state index < -0.39 is 24.4 Å². The third-order valence-corrected chi connectivity index (χ3v) is 4.67. The summed E-state index contributed by atoms with van der Waals surface area (Å²) in [6.45, 7) is 1.53. The number of primary amides is 1. The molecule has 1 aromatic heterocycles. The zero-order valence-corrected chi connectivity index (χ0v) is 13.8. The van der Waals surface area contributed by atoms with Gasteiger partial charge in [0.2, 0.25) is 0 Å². The molecule has 2 rings (SSSR count). The van der Waals surface area contributed by atoms with Crippen LogP contribution in [0.25, 0.3) is 0 Å². The molecule has 2 amide bonds. The SMILES string of the molecule is CCOCC(=O)OCC(=O)Nc1sc2c(c1C(N)=O)CCCC2. The van der Waals surface area contributed by atoms with Gasteiger partial charge in [-0.15, -0.1) is 11.3 Å². The van der Waals surface area contributed by atoms with Crippen molar-refractivity contribution in [2.24, 2.45) is 5.73 Å². The van der Waals surface area contributed by atoms with Crippen LogP contribution in [0.1, 0.15) is 40.6 Å². The van der Waals surface area contributed by atoms with Gasteiger partial charge < -0.3 is 20.5 Å². The Labute approximate surface area is 138 Å². The lowest BCUT2D eigenvalue weighted by molar-refractivity contribution is -0.151. The highest BCUT2D eigenvalue weighted by molar-refractivity contribution is 7.17. The van der Waals surface area contributed by atoms with E-state index in [4.69, 9.17) is 15.2 Å². The van der Waals surface area contributed by atoms with Crippen molar-refractivity contribution in [1.29, 1.82) is 0 Å². The number of amides is 2. The van der Waals surface area contributed by atoms with Gasteiger partial charge >= 0.3 is 5.97 Å². The molecule has 1 aromatic rings. The number of aryl methyl sites for hydroxylation is 1. The summed E-state index contributed by atoms with van der Waals surface area (Å²) in [5.74, 6) is -1.66. The number of thiophene rings is 1. The second kappa shape index (κ2) is 8.07. The number of nitrogens with two attached hydrogens (primary N) is 1. The molecule has 0 atom stereocenters. The lowest BCUT2D eigenvalue weighted by Gasteiger charge is -2.11. The number of rotatable bonds is 7. The molecular weight excluding hydrogens is 320 g/mol. The average molecular weight is 340 g/mol. The van der Waals surface area contributed by atoms with Gasteiger partial charge in [-0.1, -0.05) is 0 Å². The first kappa shape index (κ1) is 17.4. The Morgan fingerprint density at radius 3 is 2.65 bits per heavy atom. The summed E-state index contributed by atoms with van der Waals surface area (Å²) in [7, 11) is 0. The van der Waals surface area contributed by atoms with Gasteiger partial charge in [0.05, 0.1) is 5.56 Å². The molecule has 7 nitrogen and oxygen atoms in total. The third-order valence-electron chi connectivity index (χ3n) is 3.46. The summed E-state index contributed by atoms with van der Waals surface area (Å²) in [5.41, 5.74) is 6.78. The Morgan fingerprint density at radius 2 is 1.96 bits per heavy atom. The first-order valence-corrected chi connectivity index (χ1v) is 8.32. The molecule has 0 saturated heterocycles. The zero-order chi connectivity index (χ0) is 16.8. The molecular formula is C15H20N2O5S. The quantitative estimate of drug-likeness (QED) is 0.726. The number of fused-ring (bicyclic) bond motifs is 1. The summed E-state index contributed by atoms with van der Waals surface area (Å²) in [4.78, 5) is 36.0. The van der Waals surface area contributed by atoms with E-state index in [9.17, 15) is 14.4 Å². The number of esters is 1. The smallest absolute Gasteiger partial charge is 0.332 e. The van der Waals surface area contributed by atoms with Gasteiger partial charge in [0.1, 0.15) is 11.6 Å². The fourth-order valence-electron chi connectivity index (χ4n) is 2.45. The number of hydrogen-bond acceptors (Lipinski definition) is 6. The van der Waals surface area contributed by atoms with Crippen molar-refractivity contribution in [2.45, 2.75) is 32.6 Å². The molecule has 0 unspecified atom stereocenters. The first-order valence-electron chi connectivity index (χ1n) is 7.50. The molecule has 0 aromatic carbocycles. The van der Waals surface area contributed by atoms with E-state index >= 15 is 0 Å². The molecule has 126 valence electrons. The largest absolute Gasteiger partial charge is 0.454 e. The second-order valence-electron chi connectivity index (χ2n) is 5.13. The van der Waals surface area contributed by atoms with E-state index in [1.807, 2.05) is 0 Å². The topological polar surface area (TPSA) is 108 Å². The van der Waals surface area contributed by atoms with E-state index in [1.54, 1.807) is 6.92 Å². The monoisotopic (exact) mass is 340 g/mol. The molecule has 1 heterocycles. The third kappa shape index (κ3) is 4.52. The maximum atomic E-state index is 11.9. The minimum atomic E-state index is -0.609. The standard InChI is InChI=1S/C15H20N2O5S/c1-2-21-8-12(19)22-7-11(18)17-15-13(14(16)20)9-5-3-4-6-10(9)23-15/h2-8H2,1H3,(H2,16,20)(H,17,18). The number of nitrogens with one attached hydrogen (secondary N) is 1. The lowest BCUT2D eigenvalue weighted by atomic mass is 9.95. The van der Waals surface area contributed by atoms with Crippen molar-refractivity contribution in [3.63, 3.8) is 0 Å². The zero-order valence-electron chi connectivity index (χ0n) is 13.0. The molecule has 0 bridgehead atoms. The molecule has 1 aliphatic carbocycles. The highest BCUT2D eigenvalue weighted by atomic mass is 32.1. The van der Waals surface area contributed by atoms with Gasteiger partial charge in [-0.2, -0.15) is 0 Å². The van der Waals surface area contributed by atoms with Gasteiger partial charge in [0, 0.05) is 11.5 Å². The molecule has 0 fully saturated rings. The van der Waals surface area contributed by atoms with Gasteiger partial charge in [-0.3, -0.25) is 9.59 Å². The predicted octanol–water partition coefficient (Wildman–Crippen LogP) is 1.24. The van der Waals surface area contributed by atoms with Crippen LogP contribution in [-0.4, -0.2) is 37.6 Å². The highest BCUT2D eigenvalue weighted by Crippen LogP contribution is 2.37. The van der Waals surface area contributed by atoms with E-state index in [-0.39, 0.29) is 6.61 Å². The molecule has 1 aliphatic rings. The van der Waals surface area contributed by atoms with Crippen molar-refractivity contribution in [3.05, 3.63) is 16.0 Å². The summed E-state index contributed by atoms with van der Waals surface area (Å²) in [6, 6.07) is 0. The average Bonchev–Trinajstić information content (AvgIpc) is 2.88. The predicted molar refractivity (Wildman–Crippen MR) is 85.6 cm³/mol. The minimum Gasteiger partial charge on any atom is -0.454 e. The molecule has 0 saturated carbocycles. The molecule has 0 spiro atoms. The summed E-state index contributed by atoms with van der Waals surface area (Å²) in [5, 5.41) is 3.06. The summed E-state index contributed by atoms with van der Waals surface area (Å²) < 4.78 is 9.68. The van der Waals surface area contributed by atoms with Crippen LogP contribution in [0.3, 0.4) is 0 Å². The lowest BCUT2D eigenvalue weighted by Crippen LogP contribution is -2.24. The van der Waals surface area contributed by atoms with Gasteiger partial charge in [-0.25, -0.2) is 4.79 Å². The van der Waals surface area contributed by atoms with Gasteiger partial charge in [0.15, 0.2) is 6.61 Å². The molecule has 0 aliphatic heterocycles. The summed E-state index contributed by atoms with van der Waals surface area (Å²) in [6.07, 6.45) is 3.75. The number of ether oxygens (including phenoxy) is 2. The van der Waals surface area contributed by atoms with Crippen LogP contribution in [0.5, 0.6) is 0 Å². The van der Waals surface area contributed by atoms with Crippen LogP contribution < -0.4 is 11.1 Å². The van der Waals surface area contributed by atoms with Crippen molar-refractivity contribution in [1.82, 2.24) is 0 Å². The van der Waals surface area contributed by atoms with Crippen molar-refractivity contribution in [2.75, 3.05) is 25.1 Å². The number of carbonyl (C=O) groups excluding carboxylic acids is 3. The Balaban J connectivity index is 1.99. The first-order chi connectivity index (χ1) is 11.0. The van der Waals surface area contributed by atoms with Crippen LogP contribution in [0.4, 0.5) is 5.00 Å². The van der Waals surface area contributed by atoms with Crippen molar-refractivity contribution < 1.29 is 23.9 Å². The maximum Gasteiger partial charge on any atom is 0.332 e. The Morgan fingerprint density at radius 1 is 1.22 bits per heavy atom. The van der Waals surface area contributed by atoms with Gasteiger partial charge in [0.25, 0.3) is 11.8 Å². The Kier molecular flexibility index (Phi) is 6.12. The molecule has 23 heavy (non-hydrogen) atoms. The molecule has 0 radical (unpaired) electrons. The second-order valence-corrected chi connectivity index (χ2v) is 6.23. The Bertz CT molecular complexity index is 611. The number of anilines is 1. The van der Waals surface area contributed by atoms with Crippen LogP contribution in [0, 0.1) is 0 Å². The van der Waals surface area contributed by atoms with Crippen LogP contribution in [0.2, 0.25) is 0 Å². The fourth-order valence-corrected chi connectivity index (χ4v) is 3.76. The number of hydrogen-bond donors (Lipinski definition) is 2. The minimum absolute atomic E-state index is 0.191. The van der Waals surface area contributed by atoms with Gasteiger partial charge in [-0.05, 0) is 38.2 Å². The highest BCUT2D eigenvalue weighted by Gasteiger charge is 2.25. The van der Waals surface area contributed by atoms with Crippen LogP contribution in [-0.2, 0) is 31.9 Å². The van der Waals surface area contributed by atoms with Crippen LogP contribution >= 0.6 is 11.3 Å². The molecule has 8 heteroatoms. The van der Waals surface area contributed by atoms with Crippen LogP contribution in [0.15, 0.2) is 0 Å². The number of carbonyl (C=O) groups is 3. The molecule has 3 N–H and O–H groups in total. The normalized spacial score (nSPS) is 13.3. The van der Waals surface area contributed by atoms with E-state index in [0.717, 1.165) is 36.1 Å². The Hall–Kier alpha value is -1.93. The van der Waals surface area contributed by atoms with E-state index in [0.29, 0.717) is 17.2 Å².